The molecule has 2 aromatic carbocycles. The lowest BCUT2D eigenvalue weighted by molar-refractivity contribution is 0.0965. The molecule has 0 bridgehead atoms. The normalized spacial score (nSPS) is 10.2. The first-order valence-electron chi connectivity index (χ1n) is 8.11. The highest BCUT2D eigenvalue weighted by molar-refractivity contribution is 6.07. The van der Waals surface area contributed by atoms with E-state index in [9.17, 15) is 9.59 Å². The summed E-state index contributed by atoms with van der Waals surface area (Å²) in [5, 5.41) is 4.88. The summed E-state index contributed by atoms with van der Waals surface area (Å²) < 4.78 is 5.76. The van der Waals surface area contributed by atoms with Crippen LogP contribution in [0.2, 0.25) is 0 Å². The molecule has 0 saturated heterocycles. The minimum atomic E-state index is -0.555. The van der Waals surface area contributed by atoms with Gasteiger partial charge in [-0.25, -0.2) is 4.79 Å². The summed E-state index contributed by atoms with van der Waals surface area (Å²) in [6, 6.07) is 12.0. The highest BCUT2D eigenvalue weighted by Gasteiger charge is 2.12. The van der Waals surface area contributed by atoms with Gasteiger partial charge in [0.2, 0.25) is 0 Å². The number of imide groups is 1. The molecule has 4 N–H and O–H groups in total. The van der Waals surface area contributed by atoms with Gasteiger partial charge in [-0.05, 0) is 43.5 Å². The maximum absolute atomic E-state index is 11.9. The van der Waals surface area contributed by atoms with Crippen LogP contribution in [0.15, 0.2) is 42.5 Å². The van der Waals surface area contributed by atoms with Crippen LogP contribution in [-0.2, 0) is 0 Å². The lowest BCUT2D eigenvalue weighted by atomic mass is 10.1. The average molecular weight is 341 g/mol. The Bertz CT molecular complexity index is 739. The smallest absolute Gasteiger partial charge is 0.321 e. The summed E-state index contributed by atoms with van der Waals surface area (Å²) in [7, 11) is 0. The molecule has 0 radical (unpaired) electrons. The standard InChI is InChI=1S/C19H23N3O3/c1-13-7-5-8-14(2)17(13)25-12-6-11-21-19(24)22-18(23)15-9-3-4-10-16(15)20/h3-5,7-10H,6,11-12,20H2,1-2H3,(H2,21,22,23,24). The van der Waals surface area contributed by atoms with Crippen molar-refractivity contribution >= 4 is 17.6 Å². The second-order valence-electron chi connectivity index (χ2n) is 5.72. The third kappa shape index (κ3) is 5.24. The Balaban J connectivity index is 1.71. The van der Waals surface area contributed by atoms with Gasteiger partial charge in [0.1, 0.15) is 5.75 Å². The van der Waals surface area contributed by atoms with Crippen LogP contribution >= 0.6 is 0 Å². The number of benzene rings is 2. The topological polar surface area (TPSA) is 93.5 Å². The molecule has 0 aliphatic rings. The van der Waals surface area contributed by atoms with E-state index in [4.69, 9.17) is 10.5 Å². The van der Waals surface area contributed by atoms with Crippen molar-refractivity contribution in [1.29, 1.82) is 0 Å². The number of para-hydroxylation sites is 2. The fourth-order valence-electron chi connectivity index (χ4n) is 2.39. The maximum Gasteiger partial charge on any atom is 0.321 e. The summed E-state index contributed by atoms with van der Waals surface area (Å²) in [6.07, 6.45) is 0.628. The zero-order valence-electron chi connectivity index (χ0n) is 14.5. The molecule has 0 aliphatic carbocycles. The van der Waals surface area contributed by atoms with Gasteiger partial charge in [0.25, 0.3) is 5.91 Å². The van der Waals surface area contributed by atoms with Crippen LogP contribution in [0.3, 0.4) is 0 Å². The van der Waals surface area contributed by atoms with Gasteiger partial charge in [-0.3, -0.25) is 10.1 Å². The van der Waals surface area contributed by atoms with Crippen molar-refractivity contribution in [3.63, 3.8) is 0 Å². The Kier molecular flexibility index (Phi) is 6.39. The van der Waals surface area contributed by atoms with Crippen LogP contribution < -0.4 is 21.1 Å². The largest absolute Gasteiger partial charge is 0.493 e. The Hall–Kier alpha value is -3.02. The number of carbonyl (C=O) groups is 2. The van der Waals surface area contributed by atoms with Gasteiger partial charge in [0.05, 0.1) is 12.2 Å². The molecule has 0 aromatic heterocycles. The molecule has 0 saturated carbocycles. The van der Waals surface area contributed by atoms with E-state index < -0.39 is 11.9 Å². The highest BCUT2D eigenvalue weighted by Crippen LogP contribution is 2.22. The van der Waals surface area contributed by atoms with Crippen molar-refractivity contribution in [3.05, 3.63) is 59.2 Å². The minimum absolute atomic E-state index is 0.274. The number of hydrogen-bond acceptors (Lipinski definition) is 4. The van der Waals surface area contributed by atoms with E-state index in [-0.39, 0.29) is 5.56 Å². The van der Waals surface area contributed by atoms with Crippen molar-refractivity contribution in [2.75, 3.05) is 18.9 Å². The quantitative estimate of drug-likeness (QED) is 0.556. The SMILES string of the molecule is Cc1cccc(C)c1OCCCNC(=O)NC(=O)c1ccccc1N. The molecular weight excluding hydrogens is 318 g/mol. The molecule has 6 heteroatoms. The van der Waals surface area contributed by atoms with Crippen molar-refractivity contribution in [2.24, 2.45) is 0 Å². The van der Waals surface area contributed by atoms with E-state index in [0.29, 0.717) is 25.3 Å². The molecule has 25 heavy (non-hydrogen) atoms. The monoisotopic (exact) mass is 341 g/mol. The molecule has 6 nitrogen and oxygen atoms in total. The van der Waals surface area contributed by atoms with E-state index in [1.165, 1.54) is 0 Å². The number of nitrogen functional groups attached to an aromatic ring is 1. The summed E-state index contributed by atoms with van der Waals surface area (Å²) in [5.74, 6) is 0.351. The zero-order chi connectivity index (χ0) is 18.2. The lowest BCUT2D eigenvalue weighted by Crippen LogP contribution is -2.40. The van der Waals surface area contributed by atoms with Crippen LogP contribution in [0.1, 0.15) is 27.9 Å². The lowest BCUT2D eigenvalue weighted by Gasteiger charge is -2.12. The molecule has 0 atom stereocenters. The van der Waals surface area contributed by atoms with Gasteiger partial charge in [0.15, 0.2) is 0 Å². The summed E-state index contributed by atoms with van der Waals surface area (Å²) in [5.41, 5.74) is 8.47. The molecule has 0 aliphatic heterocycles. The van der Waals surface area contributed by atoms with Crippen LogP contribution in [-0.4, -0.2) is 25.1 Å². The number of hydrogen-bond donors (Lipinski definition) is 3. The first-order valence-corrected chi connectivity index (χ1v) is 8.11. The predicted molar refractivity (Wildman–Crippen MR) is 97.7 cm³/mol. The first kappa shape index (κ1) is 18.3. The Morgan fingerprint density at radius 3 is 2.40 bits per heavy atom. The van der Waals surface area contributed by atoms with Gasteiger partial charge in [0, 0.05) is 12.2 Å². The Morgan fingerprint density at radius 1 is 1.04 bits per heavy atom. The van der Waals surface area contributed by atoms with E-state index >= 15 is 0 Å². The van der Waals surface area contributed by atoms with Crippen molar-refractivity contribution in [3.8, 4) is 5.75 Å². The van der Waals surface area contributed by atoms with E-state index in [0.717, 1.165) is 16.9 Å². The average Bonchev–Trinajstić information content (AvgIpc) is 2.57. The number of nitrogens with two attached hydrogens (primary N) is 1. The molecule has 0 heterocycles. The minimum Gasteiger partial charge on any atom is -0.493 e. The molecule has 132 valence electrons. The Morgan fingerprint density at radius 2 is 1.72 bits per heavy atom. The number of nitrogens with one attached hydrogen (secondary N) is 2. The van der Waals surface area contributed by atoms with Crippen LogP contribution in [0, 0.1) is 13.8 Å². The third-order valence-electron chi connectivity index (χ3n) is 3.69. The summed E-state index contributed by atoms with van der Waals surface area (Å²) in [6.45, 7) is 4.86. The first-order chi connectivity index (χ1) is 12.0. The number of anilines is 1. The van der Waals surface area contributed by atoms with Crippen LogP contribution in [0.25, 0.3) is 0 Å². The number of carbonyl (C=O) groups excluding carboxylic acids is 2. The van der Waals surface area contributed by atoms with Gasteiger partial charge in [-0.1, -0.05) is 30.3 Å². The second-order valence-corrected chi connectivity index (χ2v) is 5.72. The third-order valence-corrected chi connectivity index (χ3v) is 3.69. The molecule has 2 aromatic rings. The fraction of sp³-hybridized carbons (Fsp3) is 0.263. The van der Waals surface area contributed by atoms with Gasteiger partial charge in [-0.2, -0.15) is 0 Å². The predicted octanol–water partition coefficient (Wildman–Crippen LogP) is 2.79. The summed E-state index contributed by atoms with van der Waals surface area (Å²) >= 11 is 0. The van der Waals surface area contributed by atoms with Crippen molar-refractivity contribution in [2.45, 2.75) is 20.3 Å². The van der Waals surface area contributed by atoms with Crippen LogP contribution in [0.5, 0.6) is 5.75 Å². The van der Waals surface area contributed by atoms with Crippen LogP contribution in [0.4, 0.5) is 10.5 Å². The van der Waals surface area contributed by atoms with E-state index in [2.05, 4.69) is 10.6 Å². The number of rotatable bonds is 6. The molecule has 2 rings (SSSR count). The second kappa shape index (κ2) is 8.73. The number of aryl methyl sites for hydroxylation is 2. The summed E-state index contributed by atoms with van der Waals surface area (Å²) in [4.78, 5) is 23.7. The van der Waals surface area contributed by atoms with Crippen molar-refractivity contribution in [1.82, 2.24) is 10.6 Å². The fourth-order valence-corrected chi connectivity index (χ4v) is 2.39. The molecule has 0 unspecified atom stereocenters. The number of ether oxygens (including phenoxy) is 1. The van der Waals surface area contributed by atoms with Gasteiger partial charge < -0.3 is 15.8 Å². The highest BCUT2D eigenvalue weighted by atomic mass is 16.5. The molecular formula is C19H23N3O3. The Labute approximate surface area is 147 Å². The van der Waals surface area contributed by atoms with Crippen molar-refractivity contribution < 1.29 is 14.3 Å². The number of amides is 3. The zero-order valence-corrected chi connectivity index (χ0v) is 14.5. The molecule has 3 amide bonds. The van der Waals surface area contributed by atoms with Gasteiger partial charge >= 0.3 is 6.03 Å². The number of urea groups is 1. The van der Waals surface area contributed by atoms with E-state index in [1.807, 2.05) is 32.0 Å². The molecule has 0 fully saturated rings. The molecule has 0 spiro atoms. The van der Waals surface area contributed by atoms with E-state index in [1.54, 1.807) is 24.3 Å². The van der Waals surface area contributed by atoms with Gasteiger partial charge in [-0.15, -0.1) is 0 Å². The maximum atomic E-state index is 11.9.